The highest BCUT2D eigenvalue weighted by Crippen LogP contribution is 2.25. The molecule has 4 rings (SSSR count). The van der Waals surface area contributed by atoms with E-state index in [2.05, 4.69) is 32.2 Å². The summed E-state index contributed by atoms with van der Waals surface area (Å²) in [4.78, 5) is 9.76. The third-order valence-electron chi connectivity index (χ3n) is 5.13. The lowest BCUT2D eigenvalue weighted by molar-refractivity contribution is 0.260. The molecule has 0 amide bonds. The zero-order chi connectivity index (χ0) is 14.1. The minimum absolute atomic E-state index is 0.752. The molecule has 4 heteroatoms. The molecule has 0 bridgehead atoms. The fraction of sp³-hybridized carbons (Fsp3) is 0.706. The van der Waals surface area contributed by atoms with Crippen LogP contribution in [0.2, 0.25) is 0 Å². The molecule has 0 radical (unpaired) electrons. The second kappa shape index (κ2) is 5.93. The molecule has 0 aromatic carbocycles. The topological polar surface area (TPSA) is 31.4 Å². The van der Waals surface area contributed by atoms with Crippen LogP contribution >= 0.6 is 0 Å². The third kappa shape index (κ3) is 3.22. The summed E-state index contributed by atoms with van der Waals surface area (Å²) < 4.78 is 0. The largest absolute Gasteiger partial charge is 0.355 e. The van der Waals surface area contributed by atoms with Crippen molar-refractivity contribution in [1.29, 1.82) is 0 Å². The molecular formula is C17H26N4. The van der Waals surface area contributed by atoms with E-state index in [0.717, 1.165) is 31.7 Å². The summed E-state index contributed by atoms with van der Waals surface area (Å²) in [6, 6.07) is 5.95. The van der Waals surface area contributed by atoms with Gasteiger partial charge < -0.3 is 10.2 Å². The van der Waals surface area contributed by atoms with Gasteiger partial charge in [-0.2, -0.15) is 0 Å². The first-order chi connectivity index (χ1) is 10.4. The highest BCUT2D eigenvalue weighted by atomic mass is 15.3. The molecule has 2 aliphatic heterocycles. The molecule has 4 nitrogen and oxygen atoms in total. The van der Waals surface area contributed by atoms with Crippen LogP contribution in [-0.2, 0) is 6.54 Å². The summed E-state index contributed by atoms with van der Waals surface area (Å²) in [5, 5.41) is 3.59. The van der Waals surface area contributed by atoms with E-state index in [9.17, 15) is 0 Å². The Labute approximate surface area is 127 Å². The van der Waals surface area contributed by atoms with Crippen LogP contribution in [0.3, 0.4) is 0 Å². The lowest BCUT2D eigenvalue weighted by Crippen LogP contribution is -2.35. The monoisotopic (exact) mass is 286 g/mol. The molecule has 1 unspecified atom stereocenters. The van der Waals surface area contributed by atoms with Crippen molar-refractivity contribution in [3.05, 3.63) is 23.9 Å². The fourth-order valence-electron chi connectivity index (χ4n) is 3.65. The molecule has 1 aromatic rings. The van der Waals surface area contributed by atoms with Crippen LogP contribution < -0.4 is 10.2 Å². The van der Waals surface area contributed by atoms with Gasteiger partial charge in [0, 0.05) is 37.9 Å². The van der Waals surface area contributed by atoms with Crippen molar-refractivity contribution >= 4 is 5.82 Å². The van der Waals surface area contributed by atoms with Gasteiger partial charge in [-0.3, -0.25) is 4.90 Å². The van der Waals surface area contributed by atoms with Gasteiger partial charge in [-0.25, -0.2) is 4.98 Å². The van der Waals surface area contributed by atoms with E-state index >= 15 is 0 Å². The van der Waals surface area contributed by atoms with Gasteiger partial charge in [-0.1, -0.05) is 0 Å². The summed E-state index contributed by atoms with van der Waals surface area (Å²) in [6.45, 7) is 5.92. The van der Waals surface area contributed by atoms with Crippen LogP contribution in [0.4, 0.5) is 5.82 Å². The van der Waals surface area contributed by atoms with Gasteiger partial charge >= 0.3 is 0 Å². The second-order valence-electron chi connectivity index (χ2n) is 6.81. The third-order valence-corrected chi connectivity index (χ3v) is 5.13. The van der Waals surface area contributed by atoms with E-state index in [0.29, 0.717) is 0 Å². The Morgan fingerprint density at radius 3 is 2.81 bits per heavy atom. The first-order valence-corrected chi connectivity index (χ1v) is 8.56. The lowest BCUT2D eigenvalue weighted by Gasteiger charge is -2.24. The van der Waals surface area contributed by atoms with Gasteiger partial charge in [0.25, 0.3) is 0 Å². The number of nitrogens with one attached hydrogen (secondary N) is 1. The normalized spacial score (nSPS) is 26.7. The van der Waals surface area contributed by atoms with Crippen molar-refractivity contribution in [3.63, 3.8) is 0 Å². The Morgan fingerprint density at radius 1 is 1.14 bits per heavy atom. The zero-order valence-corrected chi connectivity index (χ0v) is 12.8. The summed E-state index contributed by atoms with van der Waals surface area (Å²) >= 11 is 0. The Morgan fingerprint density at radius 2 is 2.00 bits per heavy atom. The van der Waals surface area contributed by atoms with Crippen molar-refractivity contribution in [1.82, 2.24) is 15.2 Å². The summed E-state index contributed by atoms with van der Waals surface area (Å²) in [5.74, 6) is 1.17. The second-order valence-corrected chi connectivity index (χ2v) is 6.81. The Balaban J connectivity index is 1.37. The molecule has 21 heavy (non-hydrogen) atoms. The number of rotatable bonds is 5. The molecule has 1 aliphatic carbocycles. The maximum Gasteiger partial charge on any atom is 0.128 e. The van der Waals surface area contributed by atoms with E-state index < -0.39 is 0 Å². The molecule has 1 aromatic heterocycles. The predicted octanol–water partition coefficient (Wildman–Crippen LogP) is 2.01. The minimum atomic E-state index is 0.752. The van der Waals surface area contributed by atoms with Crippen molar-refractivity contribution in [2.45, 2.75) is 50.7 Å². The molecule has 1 N–H and O–H groups in total. The van der Waals surface area contributed by atoms with E-state index in [1.807, 2.05) is 6.20 Å². The standard InChI is InChI=1S/C17H26N4/c1-2-9-20(8-1)16-6-10-21(13-16)17-11-14(5-7-18-17)12-19-15-3-4-15/h5,7,11,15-16,19H,1-4,6,8-10,12-13H2. The predicted molar refractivity (Wildman–Crippen MR) is 85.5 cm³/mol. The van der Waals surface area contributed by atoms with Crippen LogP contribution in [0.25, 0.3) is 0 Å². The quantitative estimate of drug-likeness (QED) is 0.897. The van der Waals surface area contributed by atoms with E-state index in [-0.39, 0.29) is 0 Å². The molecule has 1 saturated carbocycles. The van der Waals surface area contributed by atoms with Crippen molar-refractivity contribution in [2.24, 2.45) is 0 Å². The molecule has 1 atom stereocenters. The SMILES string of the molecule is c1cc(CNC2CC2)cc(N2CCC(N3CCCC3)C2)n1. The minimum Gasteiger partial charge on any atom is -0.355 e. The zero-order valence-electron chi connectivity index (χ0n) is 12.8. The van der Waals surface area contributed by atoms with Gasteiger partial charge in [-0.15, -0.1) is 0 Å². The van der Waals surface area contributed by atoms with Gasteiger partial charge in [0.15, 0.2) is 0 Å². The number of anilines is 1. The van der Waals surface area contributed by atoms with Crippen LogP contribution in [0.15, 0.2) is 18.3 Å². The first-order valence-electron chi connectivity index (χ1n) is 8.56. The summed E-state index contributed by atoms with van der Waals surface area (Å²) in [6.07, 6.45) is 8.74. The van der Waals surface area contributed by atoms with Crippen LogP contribution in [-0.4, -0.2) is 48.1 Å². The maximum absolute atomic E-state index is 4.60. The van der Waals surface area contributed by atoms with Gasteiger partial charge in [0.2, 0.25) is 0 Å². The number of nitrogens with zero attached hydrogens (tertiary/aromatic N) is 3. The molecule has 3 heterocycles. The smallest absolute Gasteiger partial charge is 0.128 e. The lowest BCUT2D eigenvalue weighted by atomic mass is 10.2. The molecule has 0 spiro atoms. The summed E-state index contributed by atoms with van der Waals surface area (Å²) in [7, 11) is 0. The van der Waals surface area contributed by atoms with E-state index in [1.54, 1.807) is 0 Å². The average molecular weight is 286 g/mol. The Bertz CT molecular complexity index is 479. The molecule has 3 fully saturated rings. The maximum atomic E-state index is 4.60. The van der Waals surface area contributed by atoms with Gasteiger partial charge in [0.05, 0.1) is 0 Å². The Kier molecular flexibility index (Phi) is 3.82. The first kappa shape index (κ1) is 13.5. The van der Waals surface area contributed by atoms with Crippen LogP contribution in [0.5, 0.6) is 0 Å². The summed E-state index contributed by atoms with van der Waals surface area (Å²) in [5.41, 5.74) is 1.37. The average Bonchev–Trinajstić information content (AvgIpc) is 3.01. The van der Waals surface area contributed by atoms with Crippen molar-refractivity contribution in [2.75, 3.05) is 31.1 Å². The fourth-order valence-corrected chi connectivity index (χ4v) is 3.65. The molecule has 3 aliphatic rings. The number of hydrogen-bond donors (Lipinski definition) is 1. The number of likely N-dealkylation sites (tertiary alicyclic amines) is 1. The van der Waals surface area contributed by atoms with Gasteiger partial charge in [-0.05, 0) is 62.9 Å². The number of hydrogen-bond acceptors (Lipinski definition) is 4. The highest BCUT2D eigenvalue weighted by Gasteiger charge is 2.29. The van der Waals surface area contributed by atoms with Crippen LogP contribution in [0.1, 0.15) is 37.7 Å². The molecule has 114 valence electrons. The van der Waals surface area contributed by atoms with Crippen molar-refractivity contribution in [3.8, 4) is 0 Å². The van der Waals surface area contributed by atoms with E-state index in [4.69, 9.17) is 0 Å². The van der Waals surface area contributed by atoms with Crippen LogP contribution in [0, 0.1) is 0 Å². The number of pyridine rings is 1. The van der Waals surface area contributed by atoms with Gasteiger partial charge in [0.1, 0.15) is 5.82 Å². The van der Waals surface area contributed by atoms with Crippen molar-refractivity contribution < 1.29 is 0 Å². The number of aromatic nitrogens is 1. The molecular weight excluding hydrogens is 260 g/mol. The Hall–Kier alpha value is -1.13. The highest BCUT2D eigenvalue weighted by molar-refractivity contribution is 5.42. The molecule has 2 saturated heterocycles. The van der Waals surface area contributed by atoms with E-state index in [1.165, 1.54) is 56.6 Å².